The summed E-state index contributed by atoms with van der Waals surface area (Å²) in [6.45, 7) is 5.24. The Labute approximate surface area is 161 Å². The van der Waals surface area contributed by atoms with E-state index in [-0.39, 0.29) is 5.91 Å². The van der Waals surface area contributed by atoms with Gasteiger partial charge in [0.15, 0.2) is 6.10 Å². The van der Waals surface area contributed by atoms with Crippen LogP contribution in [-0.4, -0.2) is 27.9 Å². The number of hydrogen-bond donors (Lipinski definition) is 1. The van der Waals surface area contributed by atoms with E-state index in [0.717, 1.165) is 5.56 Å². The summed E-state index contributed by atoms with van der Waals surface area (Å²) >= 11 is 1.20. The van der Waals surface area contributed by atoms with Crippen molar-refractivity contribution >= 4 is 28.9 Å². The van der Waals surface area contributed by atoms with Gasteiger partial charge in [0.05, 0.1) is 11.4 Å². The van der Waals surface area contributed by atoms with Gasteiger partial charge in [-0.2, -0.15) is 0 Å². The van der Waals surface area contributed by atoms with Gasteiger partial charge in [-0.05, 0) is 45.0 Å². The van der Waals surface area contributed by atoms with E-state index in [1.165, 1.54) is 18.3 Å². The van der Waals surface area contributed by atoms with Crippen LogP contribution in [0.15, 0.2) is 48.7 Å². The van der Waals surface area contributed by atoms with E-state index in [1.807, 2.05) is 37.3 Å². The lowest BCUT2D eigenvalue weighted by Crippen LogP contribution is -2.29. The first-order chi connectivity index (χ1) is 12.9. The summed E-state index contributed by atoms with van der Waals surface area (Å²) in [7, 11) is 0. The Balaban J connectivity index is 1.67. The van der Waals surface area contributed by atoms with Crippen LogP contribution in [0.5, 0.6) is 0 Å². The van der Waals surface area contributed by atoms with Gasteiger partial charge in [0.2, 0.25) is 0 Å². The molecule has 1 amide bonds. The molecule has 0 spiro atoms. The zero-order chi connectivity index (χ0) is 19.4. The van der Waals surface area contributed by atoms with E-state index >= 15 is 0 Å². The largest absolute Gasteiger partial charge is 0.448 e. The molecule has 1 atom stereocenters. The first-order valence-electron chi connectivity index (χ1n) is 8.41. The Bertz CT molecular complexity index is 952. The molecule has 2 heterocycles. The maximum absolute atomic E-state index is 12.5. The summed E-state index contributed by atoms with van der Waals surface area (Å²) in [4.78, 5) is 33.7. The minimum absolute atomic E-state index is 0.366. The summed E-state index contributed by atoms with van der Waals surface area (Å²) in [6, 6.07) is 12.9. The predicted molar refractivity (Wildman–Crippen MR) is 105 cm³/mol. The molecule has 3 rings (SSSR count). The monoisotopic (exact) mass is 381 g/mol. The van der Waals surface area contributed by atoms with E-state index < -0.39 is 12.1 Å². The summed E-state index contributed by atoms with van der Waals surface area (Å²) in [5.74, 6) is -0.960. The molecule has 1 N–H and O–H groups in total. The highest BCUT2D eigenvalue weighted by molar-refractivity contribution is 7.17. The van der Waals surface area contributed by atoms with Gasteiger partial charge in [0.25, 0.3) is 5.91 Å². The highest BCUT2D eigenvalue weighted by Crippen LogP contribution is 2.27. The first-order valence-corrected chi connectivity index (χ1v) is 9.23. The first kappa shape index (κ1) is 18.7. The lowest BCUT2D eigenvalue weighted by molar-refractivity contribution is -0.123. The van der Waals surface area contributed by atoms with Crippen molar-refractivity contribution < 1.29 is 14.3 Å². The Morgan fingerprint density at radius 2 is 1.85 bits per heavy atom. The molecule has 0 fully saturated rings. The molecular formula is C20H19N3O3S. The van der Waals surface area contributed by atoms with Gasteiger partial charge in [-0.15, -0.1) is 11.3 Å². The van der Waals surface area contributed by atoms with Crippen LogP contribution >= 0.6 is 11.3 Å². The van der Waals surface area contributed by atoms with Gasteiger partial charge in [0.1, 0.15) is 9.88 Å². The van der Waals surface area contributed by atoms with E-state index in [2.05, 4.69) is 15.3 Å². The van der Waals surface area contributed by atoms with Crippen molar-refractivity contribution in [3.8, 4) is 10.7 Å². The number of amides is 1. The molecule has 0 aliphatic rings. The molecule has 0 bridgehead atoms. The molecule has 138 valence electrons. The number of thiazole rings is 1. The third kappa shape index (κ3) is 4.57. The zero-order valence-corrected chi connectivity index (χ0v) is 16.0. The Morgan fingerprint density at radius 3 is 2.52 bits per heavy atom. The second-order valence-electron chi connectivity index (χ2n) is 6.05. The number of ether oxygens (including phenoxy) is 1. The summed E-state index contributed by atoms with van der Waals surface area (Å²) < 4.78 is 5.32. The van der Waals surface area contributed by atoms with Crippen molar-refractivity contribution in [2.75, 3.05) is 5.32 Å². The summed E-state index contributed by atoms with van der Waals surface area (Å²) in [5.41, 5.74) is 2.99. The zero-order valence-electron chi connectivity index (χ0n) is 15.2. The van der Waals surface area contributed by atoms with E-state index in [4.69, 9.17) is 4.74 Å². The average molecular weight is 381 g/mol. The van der Waals surface area contributed by atoms with Crippen LogP contribution < -0.4 is 5.32 Å². The highest BCUT2D eigenvalue weighted by atomic mass is 32.1. The number of nitrogens with one attached hydrogen (secondary N) is 1. The lowest BCUT2D eigenvalue weighted by atomic mass is 10.2. The van der Waals surface area contributed by atoms with Crippen LogP contribution in [0, 0.1) is 13.8 Å². The fourth-order valence-electron chi connectivity index (χ4n) is 2.33. The molecular weight excluding hydrogens is 362 g/mol. The van der Waals surface area contributed by atoms with Crippen molar-refractivity contribution in [2.45, 2.75) is 26.9 Å². The predicted octanol–water partition coefficient (Wildman–Crippen LogP) is 4.01. The van der Waals surface area contributed by atoms with E-state index in [1.54, 1.807) is 25.3 Å². The third-order valence-corrected chi connectivity index (χ3v) is 5.00. The van der Waals surface area contributed by atoms with Crippen LogP contribution in [0.1, 0.15) is 27.9 Å². The number of benzene rings is 1. The molecule has 0 aliphatic heterocycles. The molecule has 2 aromatic heterocycles. The SMILES string of the molecule is Cc1ccc(NC(=O)[C@H](C)OC(=O)c2sc(-c3ccccn3)nc2C)cc1. The number of aryl methyl sites for hydroxylation is 2. The topological polar surface area (TPSA) is 81.2 Å². The van der Waals surface area contributed by atoms with Crippen molar-refractivity contribution in [1.29, 1.82) is 0 Å². The van der Waals surface area contributed by atoms with Crippen LogP contribution in [0.2, 0.25) is 0 Å². The Kier molecular flexibility index (Phi) is 5.61. The minimum atomic E-state index is -0.932. The number of aromatic nitrogens is 2. The number of anilines is 1. The Morgan fingerprint density at radius 1 is 1.11 bits per heavy atom. The molecule has 0 saturated heterocycles. The molecule has 0 unspecified atom stereocenters. The van der Waals surface area contributed by atoms with Crippen molar-refractivity contribution in [3.63, 3.8) is 0 Å². The number of rotatable bonds is 5. The Hall–Kier alpha value is -3.06. The van der Waals surface area contributed by atoms with Crippen LogP contribution in [0.25, 0.3) is 10.7 Å². The molecule has 6 nitrogen and oxygen atoms in total. The number of hydrogen-bond acceptors (Lipinski definition) is 6. The standard InChI is InChI=1S/C20H19N3O3S/c1-12-7-9-15(10-8-12)23-18(24)14(3)26-20(25)17-13(2)22-19(27-17)16-6-4-5-11-21-16/h4-11,14H,1-3H3,(H,23,24)/t14-/m0/s1. The summed E-state index contributed by atoms with van der Waals surface area (Å²) in [5, 5.41) is 3.37. The molecule has 0 saturated carbocycles. The molecule has 1 aromatic carbocycles. The molecule has 0 aliphatic carbocycles. The van der Waals surface area contributed by atoms with Gasteiger partial charge in [0, 0.05) is 11.9 Å². The molecule has 7 heteroatoms. The third-order valence-electron chi connectivity index (χ3n) is 3.84. The van der Waals surface area contributed by atoms with Crippen molar-refractivity contribution in [1.82, 2.24) is 9.97 Å². The minimum Gasteiger partial charge on any atom is -0.448 e. The fourth-order valence-corrected chi connectivity index (χ4v) is 3.26. The van der Waals surface area contributed by atoms with Crippen molar-refractivity contribution in [2.24, 2.45) is 0 Å². The van der Waals surface area contributed by atoms with Crippen LogP contribution in [0.4, 0.5) is 5.69 Å². The normalized spacial score (nSPS) is 11.7. The number of nitrogens with zero attached hydrogens (tertiary/aromatic N) is 2. The van der Waals surface area contributed by atoms with Gasteiger partial charge in [-0.1, -0.05) is 23.8 Å². The second-order valence-corrected chi connectivity index (χ2v) is 7.05. The van der Waals surface area contributed by atoms with Crippen LogP contribution in [-0.2, 0) is 9.53 Å². The number of pyridine rings is 1. The van der Waals surface area contributed by atoms with Crippen molar-refractivity contribution in [3.05, 3.63) is 64.8 Å². The molecule has 3 aromatic rings. The second kappa shape index (κ2) is 8.09. The smallest absolute Gasteiger partial charge is 0.351 e. The quantitative estimate of drug-likeness (QED) is 0.676. The molecule has 27 heavy (non-hydrogen) atoms. The summed E-state index contributed by atoms with van der Waals surface area (Å²) in [6.07, 6.45) is 0.736. The maximum atomic E-state index is 12.5. The van der Waals surface area contributed by atoms with Gasteiger partial charge >= 0.3 is 5.97 Å². The van der Waals surface area contributed by atoms with Gasteiger partial charge in [-0.3, -0.25) is 9.78 Å². The van der Waals surface area contributed by atoms with E-state index in [0.29, 0.717) is 27.0 Å². The van der Waals surface area contributed by atoms with Gasteiger partial charge in [-0.25, -0.2) is 9.78 Å². The van der Waals surface area contributed by atoms with Crippen LogP contribution in [0.3, 0.4) is 0 Å². The number of esters is 1. The molecule has 0 radical (unpaired) electrons. The number of carbonyl (C=O) groups is 2. The average Bonchev–Trinajstić information content (AvgIpc) is 3.06. The fraction of sp³-hybridized carbons (Fsp3) is 0.200. The number of carbonyl (C=O) groups excluding carboxylic acids is 2. The highest BCUT2D eigenvalue weighted by Gasteiger charge is 2.23. The van der Waals surface area contributed by atoms with E-state index in [9.17, 15) is 9.59 Å². The lowest BCUT2D eigenvalue weighted by Gasteiger charge is -2.13. The van der Waals surface area contributed by atoms with Gasteiger partial charge < -0.3 is 10.1 Å². The maximum Gasteiger partial charge on any atom is 0.351 e.